The van der Waals surface area contributed by atoms with Gasteiger partial charge in [0.05, 0.1) is 0 Å². The summed E-state index contributed by atoms with van der Waals surface area (Å²) in [5, 5.41) is 6.60. The maximum atomic E-state index is 5.33. The first kappa shape index (κ1) is 12.6. The summed E-state index contributed by atoms with van der Waals surface area (Å²) in [5.41, 5.74) is 2.19. The van der Waals surface area contributed by atoms with E-state index in [4.69, 9.17) is 12.2 Å². The fourth-order valence-electron chi connectivity index (χ4n) is 1.58. The SMILES string of the molecule is S=C(CNc1ccccc1)CNc1ccccc1. The second kappa shape index (κ2) is 6.77. The zero-order chi connectivity index (χ0) is 12.6. The first-order chi connectivity index (χ1) is 8.84. The summed E-state index contributed by atoms with van der Waals surface area (Å²) in [7, 11) is 0. The van der Waals surface area contributed by atoms with Gasteiger partial charge >= 0.3 is 0 Å². The van der Waals surface area contributed by atoms with Crippen molar-refractivity contribution in [2.45, 2.75) is 0 Å². The van der Waals surface area contributed by atoms with Crippen LogP contribution < -0.4 is 10.6 Å². The minimum atomic E-state index is 0.708. The highest BCUT2D eigenvalue weighted by molar-refractivity contribution is 7.80. The lowest BCUT2D eigenvalue weighted by molar-refractivity contribution is 1.32. The van der Waals surface area contributed by atoms with Gasteiger partial charge < -0.3 is 10.6 Å². The topological polar surface area (TPSA) is 24.1 Å². The van der Waals surface area contributed by atoms with Crippen LogP contribution in [0.1, 0.15) is 0 Å². The van der Waals surface area contributed by atoms with Crippen LogP contribution in [0.4, 0.5) is 11.4 Å². The molecule has 92 valence electrons. The minimum absolute atomic E-state index is 0.708. The molecule has 2 rings (SSSR count). The smallest absolute Gasteiger partial charge is 0.0481 e. The molecule has 3 heteroatoms. The van der Waals surface area contributed by atoms with Gasteiger partial charge in [-0.1, -0.05) is 48.6 Å². The summed E-state index contributed by atoms with van der Waals surface area (Å²) in [6.07, 6.45) is 0. The molecule has 2 aromatic carbocycles. The van der Waals surface area contributed by atoms with Gasteiger partial charge in [-0.15, -0.1) is 0 Å². The van der Waals surface area contributed by atoms with Crippen LogP contribution in [0.15, 0.2) is 60.7 Å². The Hall–Kier alpha value is -1.87. The summed E-state index contributed by atoms with van der Waals surface area (Å²) >= 11 is 5.33. The molecule has 0 saturated carbocycles. The highest BCUT2D eigenvalue weighted by atomic mass is 32.1. The van der Waals surface area contributed by atoms with Gasteiger partial charge in [0.25, 0.3) is 0 Å². The molecule has 2 nitrogen and oxygen atoms in total. The van der Waals surface area contributed by atoms with E-state index in [0.29, 0.717) is 13.1 Å². The largest absolute Gasteiger partial charge is 0.380 e. The Morgan fingerprint density at radius 2 is 1.11 bits per heavy atom. The van der Waals surface area contributed by atoms with E-state index in [2.05, 4.69) is 10.6 Å². The van der Waals surface area contributed by atoms with Gasteiger partial charge in [-0.25, -0.2) is 0 Å². The fraction of sp³-hybridized carbons (Fsp3) is 0.133. The number of nitrogens with one attached hydrogen (secondary N) is 2. The molecular formula is C15H16N2S. The van der Waals surface area contributed by atoms with E-state index in [-0.39, 0.29) is 0 Å². The van der Waals surface area contributed by atoms with E-state index in [9.17, 15) is 0 Å². The van der Waals surface area contributed by atoms with Crippen LogP contribution in [-0.2, 0) is 0 Å². The zero-order valence-electron chi connectivity index (χ0n) is 10.1. The minimum Gasteiger partial charge on any atom is -0.380 e. The predicted octanol–water partition coefficient (Wildman–Crippen LogP) is 3.58. The van der Waals surface area contributed by atoms with Gasteiger partial charge in [-0.2, -0.15) is 0 Å². The molecule has 18 heavy (non-hydrogen) atoms. The molecule has 0 aromatic heterocycles. The average Bonchev–Trinajstić information content (AvgIpc) is 2.45. The lowest BCUT2D eigenvalue weighted by Crippen LogP contribution is -2.20. The van der Waals surface area contributed by atoms with E-state index in [1.54, 1.807) is 0 Å². The number of para-hydroxylation sites is 2. The molecule has 0 spiro atoms. The standard InChI is InChI=1S/C15H16N2S/c18-15(11-16-13-7-3-1-4-8-13)12-17-14-9-5-2-6-10-14/h1-10,16-17H,11-12H2. The average molecular weight is 256 g/mol. The van der Waals surface area contributed by atoms with E-state index in [1.807, 2.05) is 60.7 Å². The van der Waals surface area contributed by atoms with E-state index >= 15 is 0 Å². The van der Waals surface area contributed by atoms with Crippen LogP contribution in [0.3, 0.4) is 0 Å². The third-order valence-electron chi connectivity index (χ3n) is 2.53. The molecule has 0 unspecified atom stereocenters. The third-order valence-corrected chi connectivity index (χ3v) is 2.82. The Kier molecular flexibility index (Phi) is 4.73. The molecule has 0 aliphatic carbocycles. The van der Waals surface area contributed by atoms with Gasteiger partial charge in [0, 0.05) is 29.3 Å². The second-order valence-corrected chi connectivity index (χ2v) is 4.56. The molecule has 0 atom stereocenters. The van der Waals surface area contributed by atoms with Crippen molar-refractivity contribution in [2.24, 2.45) is 0 Å². The Labute approximate surface area is 113 Å². The third kappa shape index (κ3) is 4.18. The second-order valence-electron chi connectivity index (χ2n) is 3.98. The van der Waals surface area contributed by atoms with Gasteiger partial charge in [0.15, 0.2) is 0 Å². The summed E-state index contributed by atoms with van der Waals surface area (Å²) in [4.78, 5) is 0.961. The van der Waals surface area contributed by atoms with Crippen molar-refractivity contribution in [3.63, 3.8) is 0 Å². The fourth-order valence-corrected chi connectivity index (χ4v) is 1.72. The molecule has 2 N–H and O–H groups in total. The van der Waals surface area contributed by atoms with Crippen molar-refractivity contribution in [2.75, 3.05) is 23.7 Å². The van der Waals surface area contributed by atoms with Gasteiger partial charge in [-0.05, 0) is 24.3 Å². The molecule has 0 amide bonds. The van der Waals surface area contributed by atoms with Gasteiger partial charge in [-0.3, -0.25) is 0 Å². The van der Waals surface area contributed by atoms with Gasteiger partial charge in [0.2, 0.25) is 0 Å². The Balaban J connectivity index is 1.73. The number of anilines is 2. The maximum absolute atomic E-state index is 5.33. The summed E-state index contributed by atoms with van der Waals surface area (Å²) < 4.78 is 0. The number of rotatable bonds is 6. The van der Waals surface area contributed by atoms with Crippen LogP contribution in [0.5, 0.6) is 0 Å². The number of benzene rings is 2. The van der Waals surface area contributed by atoms with Crippen LogP contribution in [-0.4, -0.2) is 18.0 Å². The normalized spacial score (nSPS) is 9.78. The first-order valence-electron chi connectivity index (χ1n) is 5.94. The Morgan fingerprint density at radius 3 is 1.50 bits per heavy atom. The number of thiocarbonyl (C=S) groups is 1. The lowest BCUT2D eigenvalue weighted by Gasteiger charge is -2.09. The first-order valence-corrected chi connectivity index (χ1v) is 6.35. The predicted molar refractivity (Wildman–Crippen MR) is 82.5 cm³/mol. The van der Waals surface area contributed by atoms with Crippen molar-refractivity contribution in [3.05, 3.63) is 60.7 Å². The highest BCUT2D eigenvalue weighted by Gasteiger charge is 1.97. The van der Waals surface area contributed by atoms with Gasteiger partial charge in [0.1, 0.15) is 0 Å². The molecule has 0 saturated heterocycles. The number of hydrogen-bond acceptors (Lipinski definition) is 3. The molecule has 0 radical (unpaired) electrons. The Morgan fingerprint density at radius 1 is 0.722 bits per heavy atom. The van der Waals surface area contributed by atoms with Crippen molar-refractivity contribution in [1.82, 2.24) is 0 Å². The molecular weight excluding hydrogens is 240 g/mol. The maximum Gasteiger partial charge on any atom is 0.0481 e. The number of hydrogen-bond donors (Lipinski definition) is 2. The van der Waals surface area contributed by atoms with Crippen LogP contribution in [0, 0.1) is 0 Å². The van der Waals surface area contributed by atoms with Crippen molar-refractivity contribution >= 4 is 28.5 Å². The molecule has 0 aliphatic heterocycles. The highest BCUT2D eigenvalue weighted by Crippen LogP contribution is 2.06. The van der Waals surface area contributed by atoms with E-state index in [0.717, 1.165) is 16.2 Å². The van der Waals surface area contributed by atoms with Crippen LogP contribution in [0.2, 0.25) is 0 Å². The van der Waals surface area contributed by atoms with Crippen molar-refractivity contribution in [3.8, 4) is 0 Å². The van der Waals surface area contributed by atoms with E-state index in [1.165, 1.54) is 0 Å². The molecule has 0 fully saturated rings. The monoisotopic (exact) mass is 256 g/mol. The zero-order valence-corrected chi connectivity index (χ0v) is 10.9. The summed E-state index contributed by atoms with van der Waals surface area (Å²) in [6, 6.07) is 20.2. The quantitative estimate of drug-likeness (QED) is 0.772. The molecule has 0 bridgehead atoms. The lowest BCUT2D eigenvalue weighted by atomic mass is 10.3. The summed E-state index contributed by atoms with van der Waals surface area (Å²) in [5.74, 6) is 0. The molecule has 2 aromatic rings. The van der Waals surface area contributed by atoms with Crippen molar-refractivity contribution < 1.29 is 0 Å². The van der Waals surface area contributed by atoms with Crippen LogP contribution in [0.25, 0.3) is 0 Å². The Bertz CT molecular complexity index is 437. The van der Waals surface area contributed by atoms with E-state index < -0.39 is 0 Å². The summed E-state index contributed by atoms with van der Waals surface area (Å²) in [6.45, 7) is 1.42. The van der Waals surface area contributed by atoms with Crippen molar-refractivity contribution in [1.29, 1.82) is 0 Å². The molecule has 0 heterocycles. The molecule has 0 aliphatic rings. The van der Waals surface area contributed by atoms with Crippen LogP contribution >= 0.6 is 12.2 Å².